The van der Waals surface area contributed by atoms with Crippen LogP contribution in [0.2, 0.25) is 0 Å². The number of phenolic OH excluding ortho intramolecular Hbond substituents is 1. The maximum Gasteiger partial charge on any atom is 0.140 e. The Kier molecular flexibility index (Phi) is 2.41. The molecule has 2 aromatic carbocycles. The minimum Gasteiger partial charge on any atom is -0.506 e. The summed E-state index contributed by atoms with van der Waals surface area (Å²) in [6.45, 7) is 0. The van der Waals surface area contributed by atoms with Gasteiger partial charge >= 0.3 is 0 Å². The first-order valence-corrected chi connectivity index (χ1v) is 5.77. The second kappa shape index (κ2) is 3.98. The number of hydrogen-bond acceptors (Lipinski definition) is 3. The van der Waals surface area contributed by atoms with Crippen molar-refractivity contribution in [3.63, 3.8) is 0 Å². The van der Waals surface area contributed by atoms with Crippen molar-refractivity contribution < 1.29 is 9.50 Å². The Morgan fingerprint density at radius 1 is 1.21 bits per heavy atom. The summed E-state index contributed by atoms with van der Waals surface area (Å²) in [4.78, 5) is 4.40. The second-order valence-corrected chi connectivity index (χ2v) is 4.40. The Morgan fingerprint density at radius 3 is 2.74 bits per heavy atom. The summed E-state index contributed by atoms with van der Waals surface area (Å²) >= 11 is 0. The number of anilines is 1. The van der Waals surface area contributed by atoms with E-state index in [4.69, 9.17) is 5.73 Å². The number of nitrogens with two attached hydrogens (primary N) is 1. The van der Waals surface area contributed by atoms with Gasteiger partial charge in [0.25, 0.3) is 0 Å². The summed E-state index contributed by atoms with van der Waals surface area (Å²) in [5.41, 5.74) is 8.16. The van der Waals surface area contributed by atoms with Gasteiger partial charge in [0.2, 0.25) is 0 Å². The molecule has 0 amide bonds. The fraction of sp³-hybridized carbons (Fsp3) is 0.0714. The number of halogens is 1. The van der Waals surface area contributed by atoms with Crippen LogP contribution in [0.1, 0.15) is 0 Å². The minimum absolute atomic E-state index is 0.0357. The predicted octanol–water partition coefficient (Wildman–Crippen LogP) is 2.67. The molecule has 5 heteroatoms. The lowest BCUT2D eigenvalue weighted by Gasteiger charge is -2.04. The summed E-state index contributed by atoms with van der Waals surface area (Å²) < 4.78 is 15.1. The Hall–Kier alpha value is -2.56. The van der Waals surface area contributed by atoms with Gasteiger partial charge in [0.05, 0.1) is 16.7 Å². The van der Waals surface area contributed by atoms with E-state index in [0.29, 0.717) is 11.3 Å². The van der Waals surface area contributed by atoms with Crippen molar-refractivity contribution in [1.29, 1.82) is 0 Å². The van der Waals surface area contributed by atoms with Gasteiger partial charge in [-0.25, -0.2) is 9.37 Å². The van der Waals surface area contributed by atoms with Crippen LogP contribution < -0.4 is 5.73 Å². The standard InChI is InChI=1S/C14H12FN3O/c1-18-12-4-3-9(15)7-11(12)17-14(18)8-2-5-13(19)10(16)6-8/h2-7,19H,16H2,1H3. The zero-order valence-corrected chi connectivity index (χ0v) is 10.3. The van der Waals surface area contributed by atoms with Crippen molar-refractivity contribution in [1.82, 2.24) is 9.55 Å². The van der Waals surface area contributed by atoms with E-state index in [0.717, 1.165) is 11.1 Å². The number of hydrogen-bond donors (Lipinski definition) is 2. The van der Waals surface area contributed by atoms with E-state index >= 15 is 0 Å². The van der Waals surface area contributed by atoms with Crippen LogP contribution in [0.15, 0.2) is 36.4 Å². The number of nitrogen functional groups attached to an aromatic ring is 1. The van der Waals surface area contributed by atoms with E-state index in [1.807, 2.05) is 11.6 Å². The minimum atomic E-state index is -0.317. The molecule has 3 rings (SSSR count). The van der Waals surface area contributed by atoms with E-state index in [1.54, 1.807) is 18.2 Å². The van der Waals surface area contributed by atoms with Crippen molar-refractivity contribution >= 4 is 16.7 Å². The quantitative estimate of drug-likeness (QED) is 0.520. The van der Waals surface area contributed by atoms with Crippen molar-refractivity contribution in [2.24, 2.45) is 7.05 Å². The maximum atomic E-state index is 13.2. The predicted molar refractivity (Wildman–Crippen MR) is 72.2 cm³/mol. The van der Waals surface area contributed by atoms with Gasteiger partial charge in [-0.05, 0) is 30.3 Å². The molecular weight excluding hydrogens is 245 g/mol. The van der Waals surface area contributed by atoms with E-state index in [1.165, 1.54) is 18.2 Å². The van der Waals surface area contributed by atoms with Crippen LogP contribution in [0.3, 0.4) is 0 Å². The van der Waals surface area contributed by atoms with Gasteiger partial charge in [-0.2, -0.15) is 0 Å². The van der Waals surface area contributed by atoms with Crippen LogP contribution in [-0.2, 0) is 7.05 Å². The lowest BCUT2D eigenvalue weighted by atomic mass is 10.2. The number of aromatic nitrogens is 2. The first-order chi connectivity index (χ1) is 9.06. The van der Waals surface area contributed by atoms with Crippen molar-refractivity contribution in [2.45, 2.75) is 0 Å². The summed E-state index contributed by atoms with van der Waals surface area (Å²) in [5.74, 6) is 0.392. The molecule has 0 aliphatic rings. The average molecular weight is 257 g/mol. The number of nitrogens with zero attached hydrogens (tertiary/aromatic N) is 2. The molecule has 0 saturated heterocycles. The highest BCUT2D eigenvalue weighted by Crippen LogP contribution is 2.29. The number of rotatable bonds is 1. The van der Waals surface area contributed by atoms with Gasteiger partial charge in [0.1, 0.15) is 17.4 Å². The highest BCUT2D eigenvalue weighted by Gasteiger charge is 2.11. The first-order valence-electron chi connectivity index (χ1n) is 5.77. The SMILES string of the molecule is Cn1c(-c2ccc(O)c(N)c2)nc2cc(F)ccc21. The molecule has 96 valence electrons. The molecule has 0 fully saturated rings. The van der Waals surface area contributed by atoms with Gasteiger partial charge in [0, 0.05) is 18.7 Å². The summed E-state index contributed by atoms with van der Waals surface area (Å²) in [6, 6.07) is 9.37. The third-order valence-corrected chi connectivity index (χ3v) is 3.13. The van der Waals surface area contributed by atoms with Crippen LogP contribution >= 0.6 is 0 Å². The van der Waals surface area contributed by atoms with Gasteiger partial charge in [-0.1, -0.05) is 0 Å². The lowest BCUT2D eigenvalue weighted by molar-refractivity contribution is 0.478. The number of phenols is 1. The Balaban J connectivity index is 2.24. The number of imidazole rings is 1. The van der Waals surface area contributed by atoms with Crippen LogP contribution in [0.5, 0.6) is 5.75 Å². The Morgan fingerprint density at radius 2 is 2.00 bits per heavy atom. The molecule has 0 aliphatic heterocycles. The van der Waals surface area contributed by atoms with E-state index in [-0.39, 0.29) is 17.3 Å². The summed E-state index contributed by atoms with van der Waals surface area (Å²) in [6.07, 6.45) is 0. The van der Waals surface area contributed by atoms with Gasteiger partial charge in [-0.15, -0.1) is 0 Å². The highest BCUT2D eigenvalue weighted by atomic mass is 19.1. The zero-order valence-electron chi connectivity index (χ0n) is 10.3. The number of benzene rings is 2. The smallest absolute Gasteiger partial charge is 0.140 e. The topological polar surface area (TPSA) is 64.1 Å². The maximum absolute atomic E-state index is 13.2. The third-order valence-electron chi connectivity index (χ3n) is 3.13. The van der Waals surface area contributed by atoms with E-state index < -0.39 is 0 Å². The Labute approximate surface area is 108 Å². The van der Waals surface area contributed by atoms with Crippen molar-refractivity contribution in [2.75, 3.05) is 5.73 Å². The molecule has 0 atom stereocenters. The van der Waals surface area contributed by atoms with Crippen molar-refractivity contribution in [3.8, 4) is 17.1 Å². The molecule has 3 aromatic rings. The summed E-state index contributed by atoms with van der Waals surface area (Å²) in [7, 11) is 1.85. The first kappa shape index (κ1) is 11.5. The van der Waals surface area contributed by atoms with Crippen molar-refractivity contribution in [3.05, 3.63) is 42.2 Å². The molecular formula is C14H12FN3O. The molecule has 1 aromatic heterocycles. The average Bonchev–Trinajstić information content (AvgIpc) is 2.70. The second-order valence-electron chi connectivity index (χ2n) is 4.40. The van der Waals surface area contributed by atoms with Crippen LogP contribution in [0, 0.1) is 5.82 Å². The zero-order chi connectivity index (χ0) is 13.6. The van der Waals surface area contributed by atoms with Gasteiger partial charge < -0.3 is 15.4 Å². The molecule has 1 heterocycles. The van der Waals surface area contributed by atoms with Crippen LogP contribution in [0.4, 0.5) is 10.1 Å². The molecule has 0 saturated carbocycles. The summed E-state index contributed by atoms with van der Waals surface area (Å²) in [5, 5.41) is 9.43. The third kappa shape index (κ3) is 1.79. The number of aryl methyl sites for hydroxylation is 1. The molecule has 0 unspecified atom stereocenters. The molecule has 0 radical (unpaired) electrons. The molecule has 0 aliphatic carbocycles. The fourth-order valence-electron chi connectivity index (χ4n) is 2.12. The highest BCUT2D eigenvalue weighted by molar-refractivity contribution is 5.81. The van der Waals surface area contributed by atoms with Crippen LogP contribution in [-0.4, -0.2) is 14.7 Å². The normalized spacial score (nSPS) is 11.1. The van der Waals surface area contributed by atoms with Gasteiger partial charge in [0.15, 0.2) is 0 Å². The number of aromatic hydroxyl groups is 1. The number of fused-ring (bicyclic) bond motifs is 1. The van der Waals surface area contributed by atoms with E-state index in [9.17, 15) is 9.50 Å². The molecule has 0 spiro atoms. The lowest BCUT2D eigenvalue weighted by Crippen LogP contribution is -1.94. The molecule has 3 N–H and O–H groups in total. The molecule has 0 bridgehead atoms. The molecule has 19 heavy (non-hydrogen) atoms. The Bertz CT molecular complexity index is 780. The van der Waals surface area contributed by atoms with Crippen LogP contribution in [0.25, 0.3) is 22.4 Å². The fourth-order valence-corrected chi connectivity index (χ4v) is 2.12. The monoisotopic (exact) mass is 257 g/mol. The van der Waals surface area contributed by atoms with Gasteiger partial charge in [-0.3, -0.25) is 0 Å². The molecule has 4 nitrogen and oxygen atoms in total. The largest absolute Gasteiger partial charge is 0.506 e. The van der Waals surface area contributed by atoms with E-state index in [2.05, 4.69) is 4.98 Å².